The van der Waals surface area contributed by atoms with Crippen molar-refractivity contribution in [2.45, 2.75) is 51.2 Å². The van der Waals surface area contributed by atoms with Gasteiger partial charge in [-0.1, -0.05) is 31.8 Å². The molecule has 2 nitrogen and oxygen atoms in total. The zero-order chi connectivity index (χ0) is 11.3. The lowest BCUT2D eigenvalue weighted by Crippen LogP contribution is -2.25. The van der Waals surface area contributed by atoms with Gasteiger partial charge in [-0.15, -0.1) is 0 Å². The highest BCUT2D eigenvalue weighted by Crippen LogP contribution is 2.18. The van der Waals surface area contributed by atoms with E-state index in [4.69, 9.17) is 9.47 Å². The summed E-state index contributed by atoms with van der Waals surface area (Å²) in [6, 6.07) is 1.15. The average molecular weight is 228 g/mol. The van der Waals surface area contributed by atoms with Crippen LogP contribution in [0.3, 0.4) is 0 Å². The first-order valence-electron chi connectivity index (χ1n) is 5.87. The first-order valence-corrected chi connectivity index (χ1v) is 9.58. The van der Waals surface area contributed by atoms with Gasteiger partial charge in [-0.3, -0.25) is 0 Å². The summed E-state index contributed by atoms with van der Waals surface area (Å²) in [6.45, 7) is 12.7. The van der Waals surface area contributed by atoms with Gasteiger partial charge in [0.05, 0.1) is 6.61 Å². The molecular weight excluding hydrogens is 204 g/mol. The molecule has 1 atom stereocenters. The predicted octanol–water partition coefficient (Wildman–Crippen LogP) is 3.42. The summed E-state index contributed by atoms with van der Waals surface area (Å²) >= 11 is 0. The van der Waals surface area contributed by atoms with Crippen LogP contribution >= 0.6 is 0 Å². The minimum absolute atomic E-state index is 0.0251. The van der Waals surface area contributed by atoms with E-state index in [9.17, 15) is 0 Å². The fourth-order valence-electron chi connectivity index (χ4n) is 1.85. The Kier molecular flexibility index (Phi) is 5.03. The molecule has 0 amide bonds. The lowest BCUT2D eigenvalue weighted by atomic mass is 10.2. The average Bonchev–Trinajstić information content (AvgIpc) is 2.14. The molecule has 0 aromatic carbocycles. The molecule has 0 spiro atoms. The first-order chi connectivity index (χ1) is 6.97. The summed E-state index contributed by atoms with van der Waals surface area (Å²) in [4.78, 5) is 0. The summed E-state index contributed by atoms with van der Waals surface area (Å²) in [5.74, 6) is 0. The van der Waals surface area contributed by atoms with Gasteiger partial charge in [0, 0.05) is 14.7 Å². The molecule has 1 heterocycles. The molecule has 0 bridgehead atoms. The van der Waals surface area contributed by atoms with Crippen LogP contribution in [0.4, 0.5) is 0 Å². The van der Waals surface area contributed by atoms with Gasteiger partial charge in [-0.25, -0.2) is 0 Å². The first kappa shape index (κ1) is 12.9. The van der Waals surface area contributed by atoms with Crippen molar-refractivity contribution in [2.24, 2.45) is 0 Å². The van der Waals surface area contributed by atoms with E-state index in [0.29, 0.717) is 6.61 Å². The third kappa shape index (κ3) is 6.13. The number of hydrogen-bond acceptors (Lipinski definition) is 2. The highest BCUT2D eigenvalue weighted by molar-refractivity contribution is 6.76. The Labute approximate surface area is 94.7 Å². The zero-order valence-corrected chi connectivity index (χ0v) is 11.3. The van der Waals surface area contributed by atoms with Crippen LogP contribution in [0.2, 0.25) is 25.7 Å². The largest absolute Gasteiger partial charge is 0.353 e. The highest BCUT2D eigenvalue weighted by atomic mass is 28.3. The maximum Gasteiger partial charge on any atom is 0.158 e. The van der Waals surface area contributed by atoms with Gasteiger partial charge in [-0.05, 0) is 25.3 Å². The minimum Gasteiger partial charge on any atom is -0.353 e. The van der Waals surface area contributed by atoms with E-state index in [-0.39, 0.29) is 6.29 Å². The SMILES string of the molecule is C=C(COC1CCCCO1)C[Si](C)(C)C. The van der Waals surface area contributed by atoms with E-state index >= 15 is 0 Å². The Morgan fingerprint density at radius 2 is 2.13 bits per heavy atom. The monoisotopic (exact) mass is 228 g/mol. The van der Waals surface area contributed by atoms with Gasteiger partial charge < -0.3 is 9.47 Å². The molecule has 0 aromatic rings. The Morgan fingerprint density at radius 1 is 1.40 bits per heavy atom. The van der Waals surface area contributed by atoms with Crippen LogP contribution in [0.1, 0.15) is 19.3 Å². The van der Waals surface area contributed by atoms with Gasteiger partial charge in [-0.2, -0.15) is 0 Å². The second-order valence-electron chi connectivity index (χ2n) is 5.59. The lowest BCUT2D eigenvalue weighted by Gasteiger charge is -2.24. The molecule has 0 radical (unpaired) electrons. The minimum atomic E-state index is -1.03. The quantitative estimate of drug-likeness (QED) is 0.530. The Morgan fingerprint density at radius 3 is 2.67 bits per heavy atom. The van der Waals surface area contributed by atoms with Crippen molar-refractivity contribution in [3.05, 3.63) is 12.2 Å². The van der Waals surface area contributed by atoms with Gasteiger partial charge in [0.2, 0.25) is 0 Å². The van der Waals surface area contributed by atoms with Crippen LogP contribution < -0.4 is 0 Å². The van der Waals surface area contributed by atoms with Crippen molar-refractivity contribution >= 4 is 8.07 Å². The highest BCUT2D eigenvalue weighted by Gasteiger charge is 2.17. The summed E-state index contributed by atoms with van der Waals surface area (Å²) in [7, 11) is -1.03. The maximum absolute atomic E-state index is 5.69. The van der Waals surface area contributed by atoms with E-state index in [1.165, 1.54) is 18.4 Å². The Hall–Kier alpha value is -0.123. The molecule has 3 heteroatoms. The molecule has 88 valence electrons. The third-order valence-corrected chi connectivity index (χ3v) is 3.95. The summed E-state index contributed by atoms with van der Waals surface area (Å²) in [5.41, 5.74) is 1.23. The summed E-state index contributed by atoms with van der Waals surface area (Å²) < 4.78 is 11.2. The van der Waals surface area contributed by atoms with E-state index in [1.54, 1.807) is 0 Å². The fraction of sp³-hybridized carbons (Fsp3) is 0.833. The third-order valence-electron chi connectivity index (χ3n) is 2.39. The van der Waals surface area contributed by atoms with Gasteiger partial charge in [0.15, 0.2) is 6.29 Å². The van der Waals surface area contributed by atoms with Gasteiger partial charge >= 0.3 is 0 Å². The van der Waals surface area contributed by atoms with Crippen LogP contribution in [-0.2, 0) is 9.47 Å². The normalized spacial score (nSPS) is 22.7. The van der Waals surface area contributed by atoms with Crippen molar-refractivity contribution in [1.29, 1.82) is 0 Å². The summed E-state index contributed by atoms with van der Waals surface area (Å²) in [5, 5.41) is 0. The molecule has 0 aliphatic carbocycles. The lowest BCUT2D eigenvalue weighted by molar-refractivity contribution is -0.156. The number of ether oxygens (including phenoxy) is 2. The molecule has 1 saturated heterocycles. The molecule has 0 N–H and O–H groups in total. The van der Waals surface area contributed by atoms with Gasteiger partial charge in [0.1, 0.15) is 0 Å². The smallest absolute Gasteiger partial charge is 0.158 e. The van der Waals surface area contributed by atoms with E-state index in [1.807, 2.05) is 0 Å². The van der Waals surface area contributed by atoms with Crippen molar-refractivity contribution in [2.75, 3.05) is 13.2 Å². The van der Waals surface area contributed by atoms with Crippen LogP contribution in [0, 0.1) is 0 Å². The molecule has 1 fully saturated rings. The van der Waals surface area contributed by atoms with Crippen molar-refractivity contribution in [3.63, 3.8) is 0 Å². The second kappa shape index (κ2) is 5.82. The molecule has 1 aliphatic rings. The van der Waals surface area contributed by atoms with Crippen molar-refractivity contribution in [3.8, 4) is 0 Å². The van der Waals surface area contributed by atoms with Crippen LogP contribution in [-0.4, -0.2) is 27.6 Å². The van der Waals surface area contributed by atoms with Crippen LogP contribution in [0.5, 0.6) is 0 Å². The molecule has 0 aromatic heterocycles. The van der Waals surface area contributed by atoms with Crippen LogP contribution in [0.15, 0.2) is 12.2 Å². The Balaban J connectivity index is 2.15. The zero-order valence-electron chi connectivity index (χ0n) is 10.3. The predicted molar refractivity (Wildman–Crippen MR) is 66.8 cm³/mol. The fourth-order valence-corrected chi connectivity index (χ4v) is 3.46. The topological polar surface area (TPSA) is 18.5 Å². The standard InChI is InChI=1S/C12H24O2Si/c1-11(10-15(2,3)4)9-14-12-7-5-6-8-13-12/h12H,1,5-10H2,2-4H3. The van der Waals surface area contributed by atoms with E-state index < -0.39 is 8.07 Å². The van der Waals surface area contributed by atoms with Crippen molar-refractivity contribution < 1.29 is 9.47 Å². The van der Waals surface area contributed by atoms with Crippen LogP contribution in [0.25, 0.3) is 0 Å². The number of hydrogen-bond donors (Lipinski definition) is 0. The van der Waals surface area contributed by atoms with Gasteiger partial charge in [0.25, 0.3) is 0 Å². The second-order valence-corrected chi connectivity index (χ2v) is 11.1. The van der Waals surface area contributed by atoms with E-state index in [0.717, 1.165) is 19.1 Å². The molecule has 0 saturated carbocycles. The summed E-state index contributed by atoms with van der Waals surface area (Å²) in [6.07, 6.45) is 3.47. The van der Waals surface area contributed by atoms with Crippen molar-refractivity contribution in [1.82, 2.24) is 0 Å². The van der Waals surface area contributed by atoms with E-state index in [2.05, 4.69) is 26.2 Å². The molecular formula is C12H24O2Si. The molecule has 15 heavy (non-hydrogen) atoms. The number of rotatable bonds is 5. The maximum atomic E-state index is 5.69. The Bertz CT molecular complexity index is 202. The molecule has 1 aliphatic heterocycles. The molecule has 1 unspecified atom stereocenters. The molecule has 1 rings (SSSR count).